The lowest BCUT2D eigenvalue weighted by Gasteiger charge is -2.26. The van der Waals surface area contributed by atoms with Crippen LogP contribution < -0.4 is 20.1 Å². The highest BCUT2D eigenvalue weighted by atomic mass is 127. The fraction of sp³-hybridized carbons (Fsp3) is 0.360. The van der Waals surface area contributed by atoms with Crippen molar-refractivity contribution in [2.75, 3.05) is 33.8 Å². The summed E-state index contributed by atoms with van der Waals surface area (Å²) in [6.07, 6.45) is 6.00. The van der Waals surface area contributed by atoms with Gasteiger partial charge in [-0.05, 0) is 55.8 Å². The van der Waals surface area contributed by atoms with E-state index < -0.39 is 0 Å². The molecule has 4 rings (SSSR count). The van der Waals surface area contributed by atoms with Crippen molar-refractivity contribution in [3.63, 3.8) is 0 Å². The lowest BCUT2D eigenvalue weighted by molar-refractivity contribution is 0.215. The number of pyridine rings is 1. The van der Waals surface area contributed by atoms with Crippen LogP contribution in [-0.2, 0) is 6.54 Å². The number of aromatic nitrogens is 1. The molecule has 9 heteroatoms. The van der Waals surface area contributed by atoms with Gasteiger partial charge in [-0.1, -0.05) is 12.1 Å². The third-order valence-corrected chi connectivity index (χ3v) is 5.66. The van der Waals surface area contributed by atoms with Gasteiger partial charge in [0, 0.05) is 38.5 Å². The number of hydrogen-bond acceptors (Lipinski definition) is 6. The molecule has 1 atom stereocenters. The van der Waals surface area contributed by atoms with E-state index in [0.717, 1.165) is 42.7 Å². The maximum Gasteiger partial charge on any atom is 0.219 e. The summed E-state index contributed by atoms with van der Waals surface area (Å²) < 4.78 is 16.7. The molecule has 0 aliphatic carbocycles. The van der Waals surface area contributed by atoms with E-state index in [9.17, 15) is 0 Å². The number of likely N-dealkylation sites (tertiary alicyclic amines) is 1. The molecule has 1 unspecified atom stereocenters. The first kappa shape index (κ1) is 25.8. The van der Waals surface area contributed by atoms with Gasteiger partial charge >= 0.3 is 0 Å². The fourth-order valence-electron chi connectivity index (χ4n) is 3.90. The average Bonchev–Trinajstić information content (AvgIpc) is 3.58. The zero-order chi connectivity index (χ0) is 22.9. The van der Waals surface area contributed by atoms with E-state index in [-0.39, 0.29) is 30.0 Å². The highest BCUT2D eigenvalue weighted by molar-refractivity contribution is 14.0. The van der Waals surface area contributed by atoms with Crippen LogP contribution in [0.3, 0.4) is 0 Å². The summed E-state index contributed by atoms with van der Waals surface area (Å²) >= 11 is 0. The largest absolute Gasteiger partial charge is 0.497 e. The molecular weight excluding hydrogens is 545 g/mol. The Balaban J connectivity index is 0.00000324. The van der Waals surface area contributed by atoms with Crippen molar-refractivity contribution in [1.29, 1.82) is 0 Å². The SMILES string of the molecule is CN=C(NCc1ccc(Oc2cccc(OC)c2)nc1)NCC(c1ccco1)N1CCCC1.I. The molecule has 0 amide bonds. The summed E-state index contributed by atoms with van der Waals surface area (Å²) in [5, 5.41) is 6.79. The number of hydrogen-bond donors (Lipinski definition) is 2. The zero-order valence-electron chi connectivity index (χ0n) is 19.6. The molecule has 3 aromatic rings. The van der Waals surface area contributed by atoms with Crippen LogP contribution in [0.5, 0.6) is 17.4 Å². The summed E-state index contributed by atoms with van der Waals surface area (Å²) in [4.78, 5) is 11.2. The van der Waals surface area contributed by atoms with Crippen LogP contribution in [0.25, 0.3) is 0 Å². The maximum absolute atomic E-state index is 5.81. The average molecular weight is 577 g/mol. The summed E-state index contributed by atoms with van der Waals surface area (Å²) in [6, 6.07) is 15.5. The Bertz CT molecular complexity index is 1020. The van der Waals surface area contributed by atoms with Gasteiger partial charge in [0.25, 0.3) is 0 Å². The predicted molar refractivity (Wildman–Crippen MR) is 143 cm³/mol. The standard InChI is InChI=1S/C25H31N5O3.HI/c1-26-25(29-18-22(23-9-6-14-32-23)30-12-3-4-13-30)28-17-19-10-11-24(27-16-19)33-21-8-5-7-20(15-21)31-2;/h5-11,14-16,22H,3-4,12-13,17-18H2,1-2H3,(H2,26,28,29);1H. The lowest BCUT2D eigenvalue weighted by atomic mass is 10.2. The highest BCUT2D eigenvalue weighted by Crippen LogP contribution is 2.25. The van der Waals surface area contributed by atoms with Gasteiger partial charge in [0.2, 0.25) is 5.88 Å². The van der Waals surface area contributed by atoms with Crippen molar-refractivity contribution in [2.24, 2.45) is 4.99 Å². The number of nitrogens with zero attached hydrogens (tertiary/aromatic N) is 3. The van der Waals surface area contributed by atoms with Crippen LogP contribution in [0.1, 0.15) is 30.2 Å². The first-order valence-electron chi connectivity index (χ1n) is 11.2. The van der Waals surface area contributed by atoms with Gasteiger partial charge in [0.05, 0.1) is 19.4 Å². The van der Waals surface area contributed by atoms with Crippen molar-refractivity contribution in [1.82, 2.24) is 20.5 Å². The van der Waals surface area contributed by atoms with Crippen molar-refractivity contribution in [3.8, 4) is 17.4 Å². The molecule has 0 bridgehead atoms. The van der Waals surface area contributed by atoms with E-state index in [1.807, 2.05) is 48.5 Å². The Morgan fingerprint density at radius 1 is 1.12 bits per heavy atom. The van der Waals surface area contributed by atoms with E-state index in [0.29, 0.717) is 18.2 Å². The fourth-order valence-corrected chi connectivity index (χ4v) is 3.90. The summed E-state index contributed by atoms with van der Waals surface area (Å²) in [6.45, 7) is 3.50. The first-order valence-corrected chi connectivity index (χ1v) is 11.2. The van der Waals surface area contributed by atoms with Crippen LogP contribution in [0.4, 0.5) is 0 Å². The molecule has 1 fully saturated rings. The number of aliphatic imine (C=N–C) groups is 1. The third-order valence-electron chi connectivity index (χ3n) is 5.66. The molecule has 1 saturated heterocycles. The Morgan fingerprint density at radius 2 is 1.94 bits per heavy atom. The topological polar surface area (TPSA) is 84.2 Å². The van der Waals surface area contributed by atoms with Gasteiger partial charge in [0.15, 0.2) is 5.96 Å². The van der Waals surface area contributed by atoms with E-state index in [4.69, 9.17) is 13.9 Å². The molecule has 3 heterocycles. The maximum atomic E-state index is 5.81. The van der Waals surface area contributed by atoms with E-state index >= 15 is 0 Å². The molecule has 0 saturated carbocycles. The van der Waals surface area contributed by atoms with Crippen LogP contribution >= 0.6 is 24.0 Å². The minimum Gasteiger partial charge on any atom is -0.497 e. The molecule has 1 aliphatic rings. The quantitative estimate of drug-likeness (QED) is 0.219. The number of halogens is 1. The van der Waals surface area contributed by atoms with E-state index in [2.05, 4.69) is 25.5 Å². The van der Waals surface area contributed by atoms with Crippen molar-refractivity contribution >= 4 is 29.9 Å². The molecule has 1 aromatic carbocycles. The molecule has 8 nitrogen and oxygen atoms in total. The third kappa shape index (κ3) is 7.10. The van der Waals surface area contributed by atoms with Gasteiger partial charge in [0.1, 0.15) is 17.3 Å². The van der Waals surface area contributed by atoms with Crippen molar-refractivity contribution in [2.45, 2.75) is 25.4 Å². The number of nitrogens with one attached hydrogen (secondary N) is 2. The Labute approximate surface area is 217 Å². The van der Waals surface area contributed by atoms with E-state index in [1.165, 1.54) is 12.8 Å². The predicted octanol–water partition coefficient (Wildman–Crippen LogP) is 4.60. The molecule has 0 radical (unpaired) electrons. The highest BCUT2D eigenvalue weighted by Gasteiger charge is 2.25. The van der Waals surface area contributed by atoms with Crippen LogP contribution in [-0.4, -0.2) is 49.6 Å². The Morgan fingerprint density at radius 3 is 2.62 bits per heavy atom. The number of furan rings is 1. The van der Waals surface area contributed by atoms with Crippen LogP contribution in [0.15, 0.2) is 70.4 Å². The lowest BCUT2D eigenvalue weighted by Crippen LogP contribution is -2.42. The molecular formula is C25H32IN5O3. The number of guanidine groups is 1. The van der Waals surface area contributed by atoms with Gasteiger partial charge in [-0.25, -0.2) is 4.98 Å². The minimum atomic E-state index is 0. The smallest absolute Gasteiger partial charge is 0.219 e. The molecule has 1 aliphatic heterocycles. The monoisotopic (exact) mass is 577 g/mol. The molecule has 34 heavy (non-hydrogen) atoms. The Kier molecular flexibility index (Phi) is 10.0. The van der Waals surface area contributed by atoms with Crippen molar-refractivity contribution < 1.29 is 13.9 Å². The van der Waals surface area contributed by atoms with Gasteiger partial charge in [-0.15, -0.1) is 24.0 Å². The molecule has 0 spiro atoms. The first-order chi connectivity index (χ1) is 16.2. The summed E-state index contributed by atoms with van der Waals surface area (Å²) in [7, 11) is 3.40. The molecule has 2 aromatic heterocycles. The normalized spacial score (nSPS) is 14.8. The van der Waals surface area contributed by atoms with Crippen LogP contribution in [0, 0.1) is 0 Å². The van der Waals surface area contributed by atoms with Crippen molar-refractivity contribution in [3.05, 3.63) is 72.3 Å². The Hall–Kier alpha value is -2.79. The summed E-state index contributed by atoms with van der Waals surface area (Å²) in [5.41, 5.74) is 1.03. The number of methoxy groups -OCH3 is 1. The zero-order valence-corrected chi connectivity index (χ0v) is 21.9. The second kappa shape index (κ2) is 13.2. The van der Waals surface area contributed by atoms with Gasteiger partial charge < -0.3 is 24.5 Å². The molecule has 182 valence electrons. The van der Waals surface area contributed by atoms with Crippen LogP contribution in [0.2, 0.25) is 0 Å². The number of benzene rings is 1. The van der Waals surface area contributed by atoms with Gasteiger partial charge in [-0.3, -0.25) is 9.89 Å². The van der Waals surface area contributed by atoms with Gasteiger partial charge in [-0.2, -0.15) is 0 Å². The second-order valence-corrected chi connectivity index (χ2v) is 7.87. The minimum absolute atomic E-state index is 0. The summed E-state index contributed by atoms with van der Waals surface area (Å²) in [5.74, 6) is 3.67. The number of rotatable bonds is 9. The second-order valence-electron chi connectivity index (χ2n) is 7.87. The number of ether oxygens (including phenoxy) is 2. The molecule has 2 N–H and O–H groups in total. The van der Waals surface area contributed by atoms with E-state index in [1.54, 1.807) is 26.6 Å².